The van der Waals surface area contributed by atoms with Gasteiger partial charge in [0.15, 0.2) is 0 Å². The molecule has 0 radical (unpaired) electrons. The van der Waals surface area contributed by atoms with Crippen LogP contribution in [0.1, 0.15) is 25.1 Å². The van der Waals surface area contributed by atoms with Crippen LogP contribution in [0.4, 0.5) is 0 Å². The number of methoxy groups -OCH3 is 1. The molecular formula is C23H24N2O5S. The quantitative estimate of drug-likeness (QED) is 0.611. The zero-order chi connectivity index (χ0) is 22.2. The molecule has 4 rings (SSSR count). The third-order valence-corrected chi connectivity index (χ3v) is 6.94. The second kappa shape index (κ2) is 8.11. The summed E-state index contributed by atoms with van der Waals surface area (Å²) in [6.07, 6.45) is 1.49. The van der Waals surface area contributed by atoms with Crippen LogP contribution >= 0.6 is 0 Å². The summed E-state index contributed by atoms with van der Waals surface area (Å²) in [7, 11) is -2.35. The van der Waals surface area contributed by atoms with E-state index in [-0.39, 0.29) is 23.1 Å². The first-order valence-corrected chi connectivity index (χ1v) is 11.4. The van der Waals surface area contributed by atoms with Crippen LogP contribution in [0, 0.1) is 0 Å². The average Bonchev–Trinajstić information content (AvgIpc) is 2.99. The van der Waals surface area contributed by atoms with Gasteiger partial charge in [-0.3, -0.25) is 4.31 Å². The molecule has 3 aromatic rings. The number of carbonyl (C=O) groups excluding carboxylic acids is 1. The lowest BCUT2D eigenvalue weighted by Gasteiger charge is -2.20. The van der Waals surface area contributed by atoms with Crippen LogP contribution < -0.4 is 4.74 Å². The highest BCUT2D eigenvalue weighted by Crippen LogP contribution is 2.33. The van der Waals surface area contributed by atoms with Crippen molar-refractivity contribution in [3.8, 4) is 5.75 Å². The predicted octanol–water partition coefficient (Wildman–Crippen LogP) is 3.72. The number of nitrogens with zero attached hydrogens (tertiary/aromatic N) is 1. The standard InChI is InChI=1S/C23H24N2O5S/c1-15(2)30-23(26)20-14-25(31(27,28)17-10-8-16(29-3)9-11-17)13-12-19-18-6-4-5-7-21(18)24-22(19)20/h4-11,14-15,24H,12-13H2,1-3H3. The van der Waals surface area contributed by atoms with E-state index in [9.17, 15) is 13.2 Å². The number of carbonyl (C=O) groups is 1. The van der Waals surface area contributed by atoms with Crippen molar-refractivity contribution in [2.75, 3.05) is 13.7 Å². The Morgan fingerprint density at radius 1 is 1.10 bits per heavy atom. The monoisotopic (exact) mass is 440 g/mol. The molecule has 1 aliphatic heterocycles. The lowest BCUT2D eigenvalue weighted by atomic mass is 10.0. The Hall–Kier alpha value is -3.26. The molecule has 1 aliphatic rings. The minimum absolute atomic E-state index is 0.122. The normalized spacial score (nSPS) is 14.2. The highest BCUT2D eigenvalue weighted by Gasteiger charge is 2.30. The molecule has 1 N–H and O–H groups in total. The molecule has 0 aliphatic carbocycles. The summed E-state index contributed by atoms with van der Waals surface area (Å²) in [4.78, 5) is 16.3. The van der Waals surface area contributed by atoms with Gasteiger partial charge in [0, 0.05) is 23.6 Å². The van der Waals surface area contributed by atoms with Crippen LogP contribution in [0.25, 0.3) is 16.5 Å². The number of ether oxygens (including phenoxy) is 2. The van der Waals surface area contributed by atoms with Gasteiger partial charge < -0.3 is 14.5 Å². The van der Waals surface area contributed by atoms with Gasteiger partial charge in [0.2, 0.25) is 0 Å². The number of sulfonamides is 1. The van der Waals surface area contributed by atoms with E-state index >= 15 is 0 Å². The predicted molar refractivity (Wildman–Crippen MR) is 118 cm³/mol. The third-order valence-electron chi connectivity index (χ3n) is 5.17. The lowest BCUT2D eigenvalue weighted by Crippen LogP contribution is -2.28. The largest absolute Gasteiger partial charge is 0.497 e. The summed E-state index contributed by atoms with van der Waals surface area (Å²) in [6.45, 7) is 3.71. The zero-order valence-electron chi connectivity index (χ0n) is 17.6. The topological polar surface area (TPSA) is 88.7 Å². The average molecular weight is 441 g/mol. The summed E-state index contributed by atoms with van der Waals surface area (Å²) in [6, 6.07) is 13.9. The van der Waals surface area contributed by atoms with Crippen molar-refractivity contribution >= 4 is 32.5 Å². The zero-order valence-corrected chi connectivity index (χ0v) is 18.4. The minimum Gasteiger partial charge on any atom is -0.497 e. The Bertz CT molecular complexity index is 1260. The fourth-order valence-electron chi connectivity index (χ4n) is 3.69. The number of fused-ring (bicyclic) bond motifs is 3. The van der Waals surface area contributed by atoms with E-state index in [1.165, 1.54) is 29.7 Å². The van der Waals surface area contributed by atoms with Crippen molar-refractivity contribution in [1.29, 1.82) is 0 Å². The molecule has 0 saturated carbocycles. The molecular weight excluding hydrogens is 416 g/mol. The molecule has 0 atom stereocenters. The van der Waals surface area contributed by atoms with Crippen LogP contribution in [-0.4, -0.2) is 43.4 Å². The van der Waals surface area contributed by atoms with Crippen LogP contribution in [0.5, 0.6) is 5.75 Å². The van der Waals surface area contributed by atoms with Crippen LogP contribution in [0.2, 0.25) is 0 Å². The molecule has 0 unspecified atom stereocenters. The fourth-order valence-corrected chi connectivity index (χ4v) is 5.02. The lowest BCUT2D eigenvalue weighted by molar-refractivity contribution is -0.140. The maximum absolute atomic E-state index is 13.3. The van der Waals surface area contributed by atoms with Crippen LogP contribution in [0.15, 0.2) is 59.6 Å². The second-order valence-electron chi connectivity index (χ2n) is 7.56. The maximum atomic E-state index is 13.3. The smallest absolute Gasteiger partial charge is 0.342 e. The van der Waals surface area contributed by atoms with Gasteiger partial charge >= 0.3 is 5.97 Å². The number of para-hydroxylation sites is 1. The van der Waals surface area contributed by atoms with Crippen molar-refractivity contribution in [1.82, 2.24) is 9.29 Å². The van der Waals surface area contributed by atoms with E-state index in [0.29, 0.717) is 17.9 Å². The van der Waals surface area contributed by atoms with E-state index in [0.717, 1.165) is 16.5 Å². The SMILES string of the molecule is COc1ccc(S(=O)(=O)N2C=C(C(=O)OC(C)C)c3[nH]c4ccccc4c3CC2)cc1. The van der Waals surface area contributed by atoms with Crippen molar-refractivity contribution < 1.29 is 22.7 Å². The Balaban J connectivity index is 1.82. The highest BCUT2D eigenvalue weighted by atomic mass is 32.2. The van der Waals surface area contributed by atoms with Gasteiger partial charge in [-0.15, -0.1) is 0 Å². The minimum atomic E-state index is -3.87. The molecule has 2 aromatic carbocycles. The van der Waals surface area contributed by atoms with E-state index in [1.54, 1.807) is 26.0 Å². The van der Waals surface area contributed by atoms with Gasteiger partial charge in [0.1, 0.15) is 11.3 Å². The van der Waals surface area contributed by atoms with Gasteiger partial charge in [-0.2, -0.15) is 0 Å². The molecule has 0 fully saturated rings. The summed E-state index contributed by atoms with van der Waals surface area (Å²) < 4.78 is 38.5. The van der Waals surface area contributed by atoms with Crippen molar-refractivity contribution in [3.63, 3.8) is 0 Å². The Kier molecular flexibility index (Phi) is 5.49. The first-order chi connectivity index (χ1) is 14.8. The highest BCUT2D eigenvalue weighted by molar-refractivity contribution is 7.89. The number of aromatic nitrogens is 1. The molecule has 8 heteroatoms. The number of hydrogen-bond donors (Lipinski definition) is 1. The van der Waals surface area contributed by atoms with Crippen molar-refractivity contribution in [2.24, 2.45) is 0 Å². The van der Waals surface area contributed by atoms with Crippen molar-refractivity contribution in [2.45, 2.75) is 31.3 Å². The van der Waals surface area contributed by atoms with E-state index in [2.05, 4.69) is 4.98 Å². The molecule has 0 bridgehead atoms. The molecule has 0 amide bonds. The van der Waals surface area contributed by atoms with E-state index in [4.69, 9.17) is 9.47 Å². The van der Waals surface area contributed by atoms with E-state index < -0.39 is 16.0 Å². The molecule has 31 heavy (non-hydrogen) atoms. The summed E-state index contributed by atoms with van der Waals surface area (Å²) >= 11 is 0. The van der Waals surface area contributed by atoms with Gasteiger partial charge in [-0.25, -0.2) is 13.2 Å². The van der Waals surface area contributed by atoms with E-state index in [1.807, 2.05) is 24.3 Å². The second-order valence-corrected chi connectivity index (χ2v) is 9.45. The molecule has 0 spiro atoms. The number of rotatable bonds is 5. The summed E-state index contributed by atoms with van der Waals surface area (Å²) in [5, 5.41) is 0.962. The molecule has 7 nitrogen and oxygen atoms in total. The molecule has 162 valence electrons. The molecule has 0 saturated heterocycles. The maximum Gasteiger partial charge on any atom is 0.342 e. The first kappa shape index (κ1) is 21.0. The van der Waals surface area contributed by atoms with Gasteiger partial charge in [-0.1, -0.05) is 18.2 Å². The number of benzene rings is 2. The Labute approximate surface area is 181 Å². The number of nitrogens with one attached hydrogen (secondary N) is 1. The van der Waals surface area contributed by atoms with Crippen LogP contribution in [-0.2, 0) is 26.0 Å². The van der Waals surface area contributed by atoms with Gasteiger partial charge in [0.25, 0.3) is 10.0 Å². The third kappa shape index (κ3) is 3.90. The summed E-state index contributed by atoms with van der Waals surface area (Å²) in [5.41, 5.74) is 2.57. The Morgan fingerprint density at radius 2 is 1.81 bits per heavy atom. The van der Waals surface area contributed by atoms with Crippen molar-refractivity contribution in [3.05, 3.63) is 66.0 Å². The number of esters is 1. The molecule has 1 aromatic heterocycles. The first-order valence-electron chi connectivity index (χ1n) is 10.00. The Morgan fingerprint density at radius 3 is 2.48 bits per heavy atom. The van der Waals surface area contributed by atoms with Gasteiger partial charge in [0.05, 0.1) is 23.8 Å². The number of H-pyrrole nitrogens is 1. The summed E-state index contributed by atoms with van der Waals surface area (Å²) in [5.74, 6) is -0.00681. The van der Waals surface area contributed by atoms with Gasteiger partial charge in [-0.05, 0) is 56.2 Å². The number of hydrogen-bond acceptors (Lipinski definition) is 5. The fraction of sp³-hybridized carbons (Fsp3) is 0.261. The molecule has 2 heterocycles. The number of aromatic amines is 1. The van der Waals surface area contributed by atoms with Crippen LogP contribution in [0.3, 0.4) is 0 Å².